The maximum atomic E-state index is 5.58. The van der Waals surface area contributed by atoms with Crippen LogP contribution < -0.4 is 5.32 Å². The van der Waals surface area contributed by atoms with E-state index < -0.39 is 0 Å². The van der Waals surface area contributed by atoms with Crippen molar-refractivity contribution in [3.63, 3.8) is 0 Å². The number of aromatic nitrogens is 4. The van der Waals surface area contributed by atoms with E-state index in [0.29, 0.717) is 23.9 Å². The lowest BCUT2D eigenvalue weighted by molar-refractivity contribution is 0.293. The normalized spacial score (nSPS) is 20.6. The molecule has 0 spiro atoms. The Morgan fingerprint density at radius 2 is 2.15 bits per heavy atom. The molecule has 0 aliphatic heterocycles. The first-order valence-electron chi connectivity index (χ1n) is 10.0. The minimum absolute atomic E-state index is 0.469. The van der Waals surface area contributed by atoms with Gasteiger partial charge < -0.3 is 14.3 Å². The third-order valence-electron chi connectivity index (χ3n) is 5.50. The van der Waals surface area contributed by atoms with Crippen LogP contribution in [0.5, 0.6) is 0 Å². The zero-order chi connectivity index (χ0) is 19.0. The number of hydrogen-bond acceptors (Lipinski definition) is 5. The van der Waals surface area contributed by atoms with Crippen molar-refractivity contribution in [3.05, 3.63) is 30.0 Å². The molecule has 6 nitrogen and oxygen atoms in total. The summed E-state index contributed by atoms with van der Waals surface area (Å²) >= 11 is 0. The van der Waals surface area contributed by atoms with E-state index in [4.69, 9.17) is 9.40 Å². The Hall–Kier alpha value is -2.21. The molecule has 2 atom stereocenters. The fourth-order valence-corrected chi connectivity index (χ4v) is 4.21. The summed E-state index contributed by atoms with van der Waals surface area (Å²) in [5.74, 6) is 2.31. The molecule has 2 unspecified atom stereocenters. The SMILES string of the molecule is CNC1CCCC(n2c(CC(C)C)nc3cnc(-c4nc(C)co4)cc32)C1. The van der Waals surface area contributed by atoms with Crippen molar-refractivity contribution in [2.24, 2.45) is 5.92 Å². The van der Waals surface area contributed by atoms with Crippen molar-refractivity contribution in [1.82, 2.24) is 24.8 Å². The molecule has 0 aromatic carbocycles. The van der Waals surface area contributed by atoms with Gasteiger partial charge in [-0.05, 0) is 51.6 Å². The first kappa shape index (κ1) is 18.2. The van der Waals surface area contributed by atoms with Crippen LogP contribution in [-0.2, 0) is 6.42 Å². The molecule has 144 valence electrons. The molecule has 0 amide bonds. The zero-order valence-corrected chi connectivity index (χ0v) is 16.7. The standard InChI is InChI=1S/C21H29N5O/c1-13(2)8-20-25-18-11-23-17(21-24-14(3)12-27-21)10-19(18)26(20)16-7-5-6-15(9-16)22-4/h10-13,15-16,22H,5-9H2,1-4H3. The van der Waals surface area contributed by atoms with Crippen LogP contribution in [0.4, 0.5) is 0 Å². The Labute approximate surface area is 160 Å². The molecule has 0 radical (unpaired) electrons. The van der Waals surface area contributed by atoms with Crippen LogP contribution in [0, 0.1) is 12.8 Å². The molecular weight excluding hydrogens is 338 g/mol. The fraction of sp³-hybridized carbons (Fsp3) is 0.571. The van der Waals surface area contributed by atoms with E-state index >= 15 is 0 Å². The van der Waals surface area contributed by atoms with E-state index in [9.17, 15) is 0 Å². The summed E-state index contributed by atoms with van der Waals surface area (Å²) in [5.41, 5.74) is 3.75. The average Bonchev–Trinajstić information content (AvgIpc) is 3.23. The van der Waals surface area contributed by atoms with Crippen molar-refractivity contribution in [1.29, 1.82) is 0 Å². The van der Waals surface area contributed by atoms with Gasteiger partial charge in [-0.3, -0.25) is 0 Å². The third-order valence-corrected chi connectivity index (χ3v) is 5.50. The van der Waals surface area contributed by atoms with E-state index in [2.05, 4.69) is 46.8 Å². The van der Waals surface area contributed by atoms with E-state index in [1.807, 2.05) is 13.1 Å². The summed E-state index contributed by atoms with van der Waals surface area (Å²) in [6.07, 6.45) is 9.34. The molecule has 27 heavy (non-hydrogen) atoms. The van der Waals surface area contributed by atoms with Gasteiger partial charge in [0.1, 0.15) is 23.3 Å². The van der Waals surface area contributed by atoms with Crippen LogP contribution in [0.2, 0.25) is 0 Å². The average molecular weight is 367 g/mol. The number of rotatable bonds is 5. The van der Waals surface area contributed by atoms with Crippen LogP contribution in [0.15, 0.2) is 22.9 Å². The van der Waals surface area contributed by atoms with Gasteiger partial charge in [0, 0.05) is 18.5 Å². The lowest BCUT2D eigenvalue weighted by atomic mass is 9.90. The van der Waals surface area contributed by atoms with Crippen molar-refractivity contribution >= 4 is 11.0 Å². The fourth-order valence-electron chi connectivity index (χ4n) is 4.21. The Morgan fingerprint density at radius 3 is 2.85 bits per heavy atom. The summed E-state index contributed by atoms with van der Waals surface area (Å²) < 4.78 is 8.05. The lowest BCUT2D eigenvalue weighted by Crippen LogP contribution is -2.33. The predicted octanol–water partition coefficient (Wildman–Crippen LogP) is 4.30. The quantitative estimate of drug-likeness (QED) is 0.728. The van der Waals surface area contributed by atoms with Crippen LogP contribution in [0.1, 0.15) is 57.1 Å². The molecule has 3 aromatic heterocycles. The minimum atomic E-state index is 0.469. The van der Waals surface area contributed by atoms with Crippen molar-refractivity contribution in [2.75, 3.05) is 7.05 Å². The molecule has 3 heterocycles. The highest BCUT2D eigenvalue weighted by atomic mass is 16.3. The number of imidazole rings is 1. The summed E-state index contributed by atoms with van der Waals surface area (Å²) in [7, 11) is 2.07. The number of aryl methyl sites for hydroxylation is 1. The van der Waals surface area contributed by atoms with Gasteiger partial charge in [-0.1, -0.05) is 13.8 Å². The monoisotopic (exact) mass is 367 g/mol. The largest absolute Gasteiger partial charge is 0.443 e. The van der Waals surface area contributed by atoms with E-state index in [1.54, 1.807) is 6.26 Å². The second-order valence-corrected chi connectivity index (χ2v) is 8.15. The molecule has 1 aliphatic rings. The topological polar surface area (TPSA) is 68.8 Å². The second kappa shape index (κ2) is 7.43. The highest BCUT2D eigenvalue weighted by Gasteiger charge is 2.26. The Bertz CT molecular complexity index is 926. The van der Waals surface area contributed by atoms with Gasteiger partial charge in [0.05, 0.1) is 17.4 Å². The number of pyridine rings is 1. The van der Waals surface area contributed by atoms with E-state index in [0.717, 1.165) is 35.3 Å². The van der Waals surface area contributed by atoms with E-state index in [1.165, 1.54) is 25.1 Å². The number of oxazole rings is 1. The predicted molar refractivity (Wildman–Crippen MR) is 107 cm³/mol. The van der Waals surface area contributed by atoms with Gasteiger partial charge >= 0.3 is 0 Å². The highest BCUT2D eigenvalue weighted by molar-refractivity contribution is 5.79. The number of fused-ring (bicyclic) bond motifs is 1. The molecular formula is C21H29N5O. The Morgan fingerprint density at radius 1 is 1.30 bits per heavy atom. The molecule has 3 aromatic rings. The maximum absolute atomic E-state index is 5.58. The molecule has 1 aliphatic carbocycles. The molecule has 1 fully saturated rings. The molecule has 1 saturated carbocycles. The summed E-state index contributed by atoms with van der Waals surface area (Å²) in [6, 6.07) is 3.14. The van der Waals surface area contributed by atoms with E-state index in [-0.39, 0.29) is 0 Å². The molecule has 0 saturated heterocycles. The Balaban J connectivity index is 1.81. The van der Waals surface area contributed by atoms with Crippen LogP contribution in [0.25, 0.3) is 22.6 Å². The minimum Gasteiger partial charge on any atom is -0.443 e. The third kappa shape index (κ3) is 3.63. The van der Waals surface area contributed by atoms with Gasteiger partial charge in [0.2, 0.25) is 5.89 Å². The van der Waals surface area contributed by atoms with Gasteiger partial charge in [0.25, 0.3) is 0 Å². The van der Waals surface area contributed by atoms with Gasteiger partial charge in [0.15, 0.2) is 0 Å². The molecule has 6 heteroatoms. The van der Waals surface area contributed by atoms with Crippen LogP contribution in [-0.4, -0.2) is 32.6 Å². The number of hydrogen-bond donors (Lipinski definition) is 1. The molecule has 4 rings (SSSR count). The smallest absolute Gasteiger partial charge is 0.245 e. The van der Waals surface area contributed by atoms with Gasteiger partial charge in [-0.2, -0.15) is 0 Å². The molecule has 0 bridgehead atoms. The summed E-state index contributed by atoms with van der Waals surface area (Å²) in [6.45, 7) is 6.43. The lowest BCUT2D eigenvalue weighted by Gasteiger charge is -2.31. The zero-order valence-electron chi connectivity index (χ0n) is 16.7. The maximum Gasteiger partial charge on any atom is 0.245 e. The Kier molecular flexibility index (Phi) is 5.00. The van der Waals surface area contributed by atoms with Crippen molar-refractivity contribution in [2.45, 2.75) is 65.0 Å². The molecule has 1 N–H and O–H groups in total. The van der Waals surface area contributed by atoms with Crippen molar-refractivity contribution < 1.29 is 4.42 Å². The summed E-state index contributed by atoms with van der Waals surface area (Å²) in [5, 5.41) is 3.47. The second-order valence-electron chi connectivity index (χ2n) is 8.15. The first-order chi connectivity index (χ1) is 13.0. The first-order valence-corrected chi connectivity index (χ1v) is 10.0. The van der Waals surface area contributed by atoms with Crippen molar-refractivity contribution in [3.8, 4) is 11.6 Å². The highest BCUT2D eigenvalue weighted by Crippen LogP contribution is 2.34. The number of nitrogens with one attached hydrogen (secondary N) is 1. The van der Waals surface area contributed by atoms with Gasteiger partial charge in [-0.15, -0.1) is 0 Å². The van der Waals surface area contributed by atoms with Gasteiger partial charge in [-0.25, -0.2) is 15.0 Å². The number of nitrogens with zero attached hydrogens (tertiary/aromatic N) is 4. The summed E-state index contributed by atoms with van der Waals surface area (Å²) in [4.78, 5) is 13.9. The van der Waals surface area contributed by atoms with Crippen LogP contribution in [0.3, 0.4) is 0 Å². The van der Waals surface area contributed by atoms with Crippen LogP contribution >= 0.6 is 0 Å².